The smallest absolute Gasteiger partial charge is 0.355 e. The van der Waals surface area contributed by atoms with Crippen LogP contribution in [-0.4, -0.2) is 118 Å². The number of carboxylic acids is 2. The van der Waals surface area contributed by atoms with E-state index in [1.165, 1.54) is 32.0 Å². The molecule has 2 spiro atoms. The Morgan fingerprint density at radius 2 is 0.861 bits per heavy atom. The lowest BCUT2D eigenvalue weighted by atomic mass is 9.92. The molecule has 0 radical (unpaired) electrons. The molecule has 2 aliphatic heterocycles. The van der Waals surface area contributed by atoms with Crippen LogP contribution in [0.3, 0.4) is 0 Å². The number of nitrogens with one attached hydrogen (secondary N) is 5. The molecule has 26 nitrogen and oxygen atoms in total. The van der Waals surface area contributed by atoms with Gasteiger partial charge in [0.2, 0.25) is 23.6 Å². The van der Waals surface area contributed by atoms with Crippen molar-refractivity contribution in [2.75, 3.05) is 5.75 Å². The molecule has 7 amide bonds. The van der Waals surface area contributed by atoms with Crippen LogP contribution in [0.25, 0.3) is 0 Å². The van der Waals surface area contributed by atoms with Gasteiger partial charge in [-0.15, -0.1) is 22.7 Å². The number of pyridine rings is 2. The molecular weight excluding hydrogens is 1440 g/mol. The van der Waals surface area contributed by atoms with Gasteiger partial charge < -0.3 is 57.4 Å². The number of thiazole rings is 2. The molecule has 4 aromatic rings. The Balaban J connectivity index is -0.000000116. The first kappa shape index (κ1) is 133. The number of amides is 7. The van der Waals surface area contributed by atoms with Gasteiger partial charge in [-0.25, -0.2) is 19.6 Å². The zero-order valence-corrected chi connectivity index (χ0v) is 52.0. The second-order valence-electron chi connectivity index (χ2n) is 23.2. The number of carbonyl (C=O) groups excluding carboxylic acids is 9. The van der Waals surface area contributed by atoms with Crippen LogP contribution in [0.1, 0.15) is 353 Å². The Labute approximate surface area is 667 Å². The van der Waals surface area contributed by atoms with E-state index < -0.39 is 58.9 Å². The molecule has 6 heterocycles. The van der Waals surface area contributed by atoms with E-state index in [4.69, 9.17) is 11.5 Å². The molecule has 634 valence electrons. The molecule has 11 N–H and O–H groups in total. The lowest BCUT2D eigenvalue weighted by Gasteiger charge is -2.20. The van der Waals surface area contributed by atoms with Crippen LogP contribution in [0.2, 0.25) is 0 Å². The monoisotopic (exact) mass is 1590 g/mol. The third kappa shape index (κ3) is 33.5. The number of aromatic nitrogens is 4. The van der Waals surface area contributed by atoms with Crippen LogP contribution in [0, 0.1) is 11.8 Å². The number of nitrogens with two attached hydrogens (primary N) is 2. The van der Waals surface area contributed by atoms with Crippen molar-refractivity contribution in [3.63, 3.8) is 0 Å². The van der Waals surface area contributed by atoms with Crippen molar-refractivity contribution in [2.24, 2.45) is 23.3 Å². The van der Waals surface area contributed by atoms with Crippen molar-refractivity contribution < 1.29 is 63.0 Å². The summed E-state index contributed by atoms with van der Waals surface area (Å²) in [4.78, 5) is 171. The van der Waals surface area contributed by atoms with Gasteiger partial charge in [0.15, 0.2) is 17.3 Å². The maximum Gasteiger partial charge on any atom is 0.355 e. The summed E-state index contributed by atoms with van der Waals surface area (Å²) >= 11 is 6.18. The number of hydrogen-bond acceptors (Lipinski definition) is 18. The minimum absolute atomic E-state index is 0. The highest BCUT2D eigenvalue weighted by atomic mass is 32.1. The third-order valence-electron chi connectivity index (χ3n) is 16.1. The first-order valence-corrected chi connectivity index (χ1v) is 31.8. The Hall–Kier alpha value is -7.92. The van der Waals surface area contributed by atoms with Crippen molar-refractivity contribution in [3.05, 3.63) is 98.6 Å². The molecule has 0 bridgehead atoms. The van der Waals surface area contributed by atoms with Crippen LogP contribution in [0.15, 0.2) is 32.5 Å². The van der Waals surface area contributed by atoms with Gasteiger partial charge in [0.1, 0.15) is 21.8 Å². The zero-order valence-electron chi connectivity index (χ0n) is 49.5. The molecule has 0 unspecified atom stereocenters. The number of Topliss-reactive ketones (excluding diaryl/α,β-unsaturated/α-hetero) is 2. The molecule has 0 aromatic carbocycles. The zero-order chi connectivity index (χ0) is 64.4. The third-order valence-corrected chi connectivity index (χ3v) is 18.1. The number of fused-ring (bicyclic) bond motifs is 4. The topological polar surface area (TPSA) is 410 Å². The highest BCUT2D eigenvalue weighted by Gasteiger charge is 2.55. The fourth-order valence-corrected chi connectivity index (χ4v) is 12.7. The van der Waals surface area contributed by atoms with Gasteiger partial charge in [-0.2, -0.15) is 12.6 Å². The number of hydrogen-bond donors (Lipinski definition) is 10. The van der Waals surface area contributed by atoms with Crippen LogP contribution in [0.5, 0.6) is 0 Å². The Kier molecular flexibility index (Phi) is 71.3. The minimum Gasteiger partial charge on any atom is -0.480 e. The number of aliphatic carboxylic acids is 1. The fourth-order valence-electron chi connectivity index (χ4n) is 11.0. The molecule has 4 aliphatic rings. The maximum absolute atomic E-state index is 13.5. The number of unbranched alkanes of at least 4 members (excludes halogenated alkanes) is 2. The van der Waals surface area contributed by atoms with Gasteiger partial charge in [0.25, 0.3) is 28.8 Å². The number of thiol groups is 1. The first-order valence-electron chi connectivity index (χ1n) is 29.4. The van der Waals surface area contributed by atoms with Crippen molar-refractivity contribution in [1.82, 2.24) is 45.7 Å². The Morgan fingerprint density at radius 1 is 0.528 bits per heavy atom. The van der Waals surface area contributed by atoms with Crippen LogP contribution < -0.4 is 49.2 Å². The van der Waals surface area contributed by atoms with E-state index in [1.54, 1.807) is 0 Å². The van der Waals surface area contributed by atoms with E-state index in [1.807, 2.05) is 27.7 Å². The van der Waals surface area contributed by atoms with E-state index in [0.717, 1.165) is 61.2 Å². The second-order valence-corrected chi connectivity index (χ2v) is 25.5. The lowest BCUT2D eigenvalue weighted by molar-refractivity contribution is -0.138. The molecule has 2 fully saturated rings. The summed E-state index contributed by atoms with van der Waals surface area (Å²) in [6.45, 7) is 7.55. The van der Waals surface area contributed by atoms with Gasteiger partial charge in [0, 0.05) is 65.7 Å². The van der Waals surface area contributed by atoms with E-state index in [9.17, 15) is 72.5 Å². The van der Waals surface area contributed by atoms with Crippen molar-refractivity contribution in [1.29, 1.82) is 0 Å². The normalized spacial score (nSPS) is 13.1. The quantitative estimate of drug-likeness (QED) is 0.0198. The fraction of sp³-hybridized carbons (Fsp3) is 0.658. The summed E-state index contributed by atoms with van der Waals surface area (Å²) < 4.78 is 2.91. The Morgan fingerprint density at radius 3 is 1.15 bits per heavy atom. The van der Waals surface area contributed by atoms with E-state index in [0.29, 0.717) is 75.8 Å². The predicted octanol–water partition coefficient (Wildman–Crippen LogP) is 15.9. The SMILES string of the molecule is C.C.C.C.C.C.C.C.C.C.C.C.C.C.C.C.C.C.C.C.CCCCC(=O)N[C@H](CC(N)=O)C(=O)C[C@@H](C)CCc1c2c(cc(=O)n1Cc1nc(C(=O)N[C@@H](CS)C(=O)O)cs1)C1(CC1)NC2=O.CCCCC(=O)N[C@H](CC(N)=O)C(=O)C[C@@H](C)CCc1c2c(cc(=O)n1Cc1nc(C(=O)O)cs1)C1(CC1)NC2=O. The van der Waals surface area contributed by atoms with E-state index in [2.05, 4.69) is 49.2 Å². The van der Waals surface area contributed by atoms with Crippen LogP contribution in [-0.2, 0) is 70.6 Å². The molecule has 2 aliphatic carbocycles. The predicted molar refractivity (Wildman–Crippen MR) is 460 cm³/mol. The highest BCUT2D eigenvalue weighted by molar-refractivity contribution is 7.80. The molecule has 5 atom stereocenters. The number of aromatic carboxylic acids is 1. The lowest BCUT2D eigenvalue weighted by Crippen LogP contribution is -2.43. The molecule has 0 saturated heterocycles. The van der Waals surface area contributed by atoms with Gasteiger partial charge in [-0.3, -0.25) is 52.7 Å². The summed E-state index contributed by atoms with van der Waals surface area (Å²) in [5, 5.41) is 35.8. The van der Waals surface area contributed by atoms with E-state index >= 15 is 0 Å². The van der Waals surface area contributed by atoms with Gasteiger partial charge in [-0.1, -0.05) is 189 Å². The Bertz CT molecular complexity index is 3540. The summed E-state index contributed by atoms with van der Waals surface area (Å²) in [7, 11) is 0. The molecule has 108 heavy (non-hydrogen) atoms. The number of carboxylic acid groups (broad SMARTS) is 2. The first-order chi connectivity index (χ1) is 41.7. The second kappa shape index (κ2) is 58.1. The van der Waals surface area contributed by atoms with Crippen molar-refractivity contribution in [3.8, 4) is 0 Å². The summed E-state index contributed by atoms with van der Waals surface area (Å²) in [5.74, 6) is -6.87. The van der Waals surface area contributed by atoms with Crippen molar-refractivity contribution >= 4 is 100 Å². The number of rotatable bonds is 33. The molecule has 4 aromatic heterocycles. The number of nitrogens with zero attached hydrogens (tertiary/aromatic N) is 4. The summed E-state index contributed by atoms with van der Waals surface area (Å²) in [6, 6.07) is -0.288. The number of primary amides is 2. The van der Waals surface area contributed by atoms with Gasteiger partial charge in [-0.05, 0) is 87.2 Å². The summed E-state index contributed by atoms with van der Waals surface area (Å²) in [5.41, 5.74) is 12.1. The van der Waals surface area contributed by atoms with Crippen LogP contribution >= 0.6 is 35.3 Å². The van der Waals surface area contributed by atoms with Crippen molar-refractivity contribution in [2.45, 2.75) is 334 Å². The minimum atomic E-state index is -1.24. The van der Waals surface area contributed by atoms with E-state index in [-0.39, 0.29) is 282 Å². The van der Waals surface area contributed by atoms with Gasteiger partial charge in [0.05, 0.1) is 60.2 Å². The summed E-state index contributed by atoms with van der Waals surface area (Å²) in [6.07, 6.45) is 7.27. The molecule has 8 rings (SSSR count). The molecule has 2 saturated carbocycles. The highest BCUT2D eigenvalue weighted by Crippen LogP contribution is 2.52. The van der Waals surface area contributed by atoms with Crippen LogP contribution in [0.4, 0.5) is 0 Å². The average Bonchev–Trinajstić information content (AvgIpc) is 1.56. The largest absolute Gasteiger partial charge is 0.480 e. The average molecular weight is 1600 g/mol. The maximum atomic E-state index is 13.5. The van der Waals surface area contributed by atoms with Gasteiger partial charge >= 0.3 is 11.9 Å². The standard InChI is InChI=1S/C31H40N6O8S2.C28H35N5O7S.20CH4/c1-3-4-5-24(40)33-18(12-23(32)39)22(38)10-16(2)6-7-21-27-17(31(8-9-31)36-29(27)43)11-26(41)37(21)13-25-34-20(15-47-25)28(42)35-19(14-46)30(44)45;1-3-4-5-22(36)30-17(12-21(29)35)20(34)10-15(2)6-7-19-25-16(28(8-9-28)32-26(25)38)11-24(37)33(19)13-23-31-18(14-41-23)27(39)40;;;;;;;;;;;;;;;;;;;;/h11,15-16,18-19,46H,3-10,12-14H2,1-2H3,(H2,32,39)(H,33,40)(H,35,42)(H,36,43)(H,44,45);11,14-15,17H,3-10,12-13H2,1-2H3,(H2,29,35)(H,30,36)(H,32,38)(H,39,40);20*1H4/t16-,18+,19-;15-,17+;;;;;;;;;;;;;;;;;;;;/m00..................../s1. The number of ketones is 2. The molecular formula is C79H155N11O15S3. The number of carbonyl (C=O) groups is 11. The molecule has 29 heteroatoms.